The van der Waals surface area contributed by atoms with Crippen molar-refractivity contribution in [2.24, 2.45) is 0 Å². The number of likely N-dealkylation sites (N-methyl/N-ethyl adjacent to an activating group) is 1. The molecule has 0 radical (unpaired) electrons. The Labute approximate surface area is 158 Å². The number of hydrogen-bond donors (Lipinski definition) is 1. The highest BCUT2D eigenvalue weighted by atomic mass is 32.2. The SMILES string of the molecule is CN1C(=O)[C@@H](NC(=O)OC(C)(C)C)CSc2cnc(N3CCCC3)cc21. The van der Waals surface area contributed by atoms with Gasteiger partial charge in [-0.05, 0) is 33.6 Å². The molecule has 2 amide bonds. The molecule has 2 aliphatic heterocycles. The van der Waals surface area contributed by atoms with E-state index in [1.807, 2.05) is 12.3 Å². The van der Waals surface area contributed by atoms with Gasteiger partial charge in [0.25, 0.3) is 0 Å². The van der Waals surface area contributed by atoms with Crippen molar-refractivity contribution in [2.75, 3.05) is 35.7 Å². The maximum absolute atomic E-state index is 12.9. The van der Waals surface area contributed by atoms with Crippen molar-refractivity contribution in [1.29, 1.82) is 0 Å². The van der Waals surface area contributed by atoms with Gasteiger partial charge in [0.15, 0.2) is 0 Å². The van der Waals surface area contributed by atoms with Crippen molar-refractivity contribution < 1.29 is 14.3 Å². The summed E-state index contributed by atoms with van der Waals surface area (Å²) in [6, 6.07) is 1.34. The normalized spacial score (nSPS) is 20.6. The van der Waals surface area contributed by atoms with E-state index in [9.17, 15) is 9.59 Å². The van der Waals surface area contributed by atoms with E-state index >= 15 is 0 Å². The highest BCUT2D eigenvalue weighted by molar-refractivity contribution is 7.99. The fraction of sp³-hybridized carbons (Fsp3) is 0.611. The molecule has 0 spiro atoms. The van der Waals surface area contributed by atoms with Crippen LogP contribution in [0.1, 0.15) is 33.6 Å². The summed E-state index contributed by atoms with van der Waals surface area (Å²) >= 11 is 1.52. The monoisotopic (exact) mass is 378 g/mol. The van der Waals surface area contributed by atoms with Crippen LogP contribution >= 0.6 is 11.8 Å². The van der Waals surface area contributed by atoms with E-state index in [1.165, 1.54) is 24.6 Å². The molecule has 1 atom stereocenters. The average Bonchev–Trinajstić information content (AvgIpc) is 3.06. The Morgan fingerprint density at radius 2 is 2.04 bits per heavy atom. The van der Waals surface area contributed by atoms with E-state index in [-0.39, 0.29) is 5.91 Å². The highest BCUT2D eigenvalue weighted by Crippen LogP contribution is 2.36. The Balaban J connectivity index is 1.76. The fourth-order valence-electron chi connectivity index (χ4n) is 3.06. The lowest BCUT2D eigenvalue weighted by atomic mass is 10.2. The summed E-state index contributed by atoms with van der Waals surface area (Å²) < 4.78 is 5.28. The smallest absolute Gasteiger partial charge is 0.408 e. The number of ether oxygens (including phenoxy) is 1. The summed E-state index contributed by atoms with van der Waals surface area (Å²) in [7, 11) is 1.74. The second-order valence-electron chi connectivity index (χ2n) is 7.61. The Bertz CT molecular complexity index is 698. The molecule has 1 N–H and O–H groups in total. The van der Waals surface area contributed by atoms with Crippen LogP contribution in [0, 0.1) is 0 Å². The number of aromatic nitrogens is 1. The van der Waals surface area contributed by atoms with E-state index in [0.717, 1.165) is 29.5 Å². The molecule has 0 bridgehead atoms. The molecule has 8 heteroatoms. The van der Waals surface area contributed by atoms with Crippen LogP contribution in [0.15, 0.2) is 17.2 Å². The summed E-state index contributed by atoms with van der Waals surface area (Å²) in [5.74, 6) is 1.20. The fourth-order valence-corrected chi connectivity index (χ4v) is 4.11. The van der Waals surface area contributed by atoms with E-state index in [1.54, 1.807) is 32.7 Å². The first-order valence-electron chi connectivity index (χ1n) is 8.89. The Hall–Kier alpha value is -1.96. The third-order valence-electron chi connectivity index (χ3n) is 4.35. The average molecular weight is 378 g/mol. The summed E-state index contributed by atoms with van der Waals surface area (Å²) in [6.45, 7) is 7.39. The van der Waals surface area contributed by atoms with Gasteiger partial charge >= 0.3 is 6.09 Å². The van der Waals surface area contributed by atoms with Gasteiger partial charge in [0, 0.05) is 43.0 Å². The number of fused-ring (bicyclic) bond motifs is 1. The minimum Gasteiger partial charge on any atom is -0.444 e. The molecule has 0 aromatic carbocycles. The lowest BCUT2D eigenvalue weighted by Crippen LogP contribution is -2.49. The topological polar surface area (TPSA) is 74.8 Å². The molecule has 1 aromatic rings. The quantitative estimate of drug-likeness (QED) is 0.853. The van der Waals surface area contributed by atoms with Crippen LogP contribution in [0.25, 0.3) is 0 Å². The molecule has 142 valence electrons. The molecule has 7 nitrogen and oxygen atoms in total. The van der Waals surface area contributed by atoms with Crippen LogP contribution in [0.5, 0.6) is 0 Å². The number of nitrogens with one attached hydrogen (secondary N) is 1. The molecule has 2 aliphatic rings. The van der Waals surface area contributed by atoms with Crippen molar-refractivity contribution >= 4 is 35.3 Å². The lowest BCUT2D eigenvalue weighted by molar-refractivity contribution is -0.119. The van der Waals surface area contributed by atoms with E-state index in [0.29, 0.717) is 5.75 Å². The van der Waals surface area contributed by atoms with Crippen LogP contribution in [0.2, 0.25) is 0 Å². The van der Waals surface area contributed by atoms with Crippen LogP contribution in [-0.4, -0.2) is 54.5 Å². The van der Waals surface area contributed by atoms with Gasteiger partial charge in [0.2, 0.25) is 5.91 Å². The molecule has 1 aromatic heterocycles. The Morgan fingerprint density at radius 1 is 1.35 bits per heavy atom. The molecular weight excluding hydrogens is 352 g/mol. The maximum Gasteiger partial charge on any atom is 0.408 e. The first-order chi connectivity index (χ1) is 12.2. The van der Waals surface area contributed by atoms with Crippen molar-refractivity contribution in [1.82, 2.24) is 10.3 Å². The molecule has 3 heterocycles. The van der Waals surface area contributed by atoms with Crippen LogP contribution in [-0.2, 0) is 9.53 Å². The van der Waals surface area contributed by atoms with E-state index in [2.05, 4.69) is 15.2 Å². The van der Waals surface area contributed by atoms with Gasteiger partial charge in [-0.15, -0.1) is 11.8 Å². The summed E-state index contributed by atoms with van der Waals surface area (Å²) in [4.78, 5) is 34.3. The van der Waals surface area contributed by atoms with Gasteiger partial charge in [-0.2, -0.15) is 0 Å². The first kappa shape index (κ1) is 18.8. The van der Waals surface area contributed by atoms with Gasteiger partial charge in [-0.25, -0.2) is 9.78 Å². The number of amides is 2. The number of carbonyl (C=O) groups excluding carboxylic acids is 2. The number of hydrogen-bond acceptors (Lipinski definition) is 6. The molecule has 3 rings (SSSR count). The maximum atomic E-state index is 12.9. The zero-order valence-corrected chi connectivity index (χ0v) is 16.6. The third-order valence-corrected chi connectivity index (χ3v) is 5.47. The number of nitrogens with zero attached hydrogens (tertiary/aromatic N) is 3. The van der Waals surface area contributed by atoms with E-state index < -0.39 is 17.7 Å². The Kier molecular flexibility index (Phi) is 5.32. The van der Waals surface area contributed by atoms with Gasteiger partial charge in [-0.3, -0.25) is 4.79 Å². The van der Waals surface area contributed by atoms with E-state index in [4.69, 9.17) is 4.74 Å². The third kappa shape index (κ3) is 4.23. The molecule has 0 saturated carbocycles. The molecule has 0 aliphatic carbocycles. The number of alkyl carbamates (subject to hydrolysis) is 1. The van der Waals surface area contributed by atoms with Gasteiger partial charge < -0.3 is 19.9 Å². The number of anilines is 2. The van der Waals surface area contributed by atoms with Crippen molar-refractivity contribution in [3.05, 3.63) is 12.3 Å². The zero-order chi connectivity index (χ0) is 18.9. The minimum atomic E-state index is -0.637. The largest absolute Gasteiger partial charge is 0.444 e. The first-order valence-corrected chi connectivity index (χ1v) is 9.88. The number of rotatable bonds is 2. The standard InChI is InChI=1S/C18H26N4O3S/c1-18(2,3)25-17(24)20-12-11-26-14-10-19-15(22-7-5-6-8-22)9-13(14)21(4)16(12)23/h9-10,12H,5-8,11H2,1-4H3,(H,20,24)/t12-/m0/s1. The number of pyridine rings is 1. The second-order valence-corrected chi connectivity index (χ2v) is 8.67. The molecule has 1 fully saturated rings. The lowest BCUT2D eigenvalue weighted by Gasteiger charge is -2.25. The van der Waals surface area contributed by atoms with Crippen LogP contribution in [0.3, 0.4) is 0 Å². The van der Waals surface area contributed by atoms with Crippen LogP contribution < -0.4 is 15.1 Å². The van der Waals surface area contributed by atoms with Gasteiger partial charge in [0.1, 0.15) is 17.5 Å². The van der Waals surface area contributed by atoms with Crippen molar-refractivity contribution in [3.8, 4) is 0 Å². The number of carbonyl (C=O) groups is 2. The summed E-state index contributed by atoms with van der Waals surface area (Å²) in [5, 5.41) is 2.70. The highest BCUT2D eigenvalue weighted by Gasteiger charge is 2.32. The second kappa shape index (κ2) is 7.34. The Morgan fingerprint density at radius 3 is 2.69 bits per heavy atom. The molecule has 0 unspecified atom stereocenters. The predicted octanol–water partition coefficient (Wildman–Crippen LogP) is 2.64. The minimum absolute atomic E-state index is 0.152. The van der Waals surface area contributed by atoms with Crippen molar-refractivity contribution in [3.63, 3.8) is 0 Å². The predicted molar refractivity (Wildman–Crippen MR) is 103 cm³/mol. The van der Waals surface area contributed by atoms with Crippen LogP contribution in [0.4, 0.5) is 16.3 Å². The molecular formula is C18H26N4O3S. The molecule has 1 saturated heterocycles. The summed E-state index contributed by atoms with van der Waals surface area (Å²) in [5.41, 5.74) is 0.236. The van der Waals surface area contributed by atoms with Crippen molar-refractivity contribution in [2.45, 2.75) is 50.2 Å². The molecule has 26 heavy (non-hydrogen) atoms. The van der Waals surface area contributed by atoms with Gasteiger partial charge in [0.05, 0.1) is 5.69 Å². The zero-order valence-electron chi connectivity index (χ0n) is 15.7. The summed E-state index contributed by atoms with van der Waals surface area (Å²) in [6.07, 6.45) is 3.59. The number of thioether (sulfide) groups is 1. The van der Waals surface area contributed by atoms with Gasteiger partial charge in [-0.1, -0.05) is 0 Å².